The topological polar surface area (TPSA) is 56.8 Å². The molecule has 0 aliphatic rings. The summed E-state index contributed by atoms with van der Waals surface area (Å²) >= 11 is 0. The summed E-state index contributed by atoms with van der Waals surface area (Å²) in [5.74, 6) is 1.89. The quantitative estimate of drug-likeness (QED) is 0.797. The fourth-order valence-electron chi connectivity index (χ4n) is 2.46. The van der Waals surface area contributed by atoms with Crippen LogP contribution in [0.5, 0.6) is 17.2 Å². The van der Waals surface area contributed by atoms with Crippen molar-refractivity contribution in [3.63, 3.8) is 0 Å². The lowest BCUT2D eigenvalue weighted by molar-refractivity contribution is -0.128. The van der Waals surface area contributed by atoms with Gasteiger partial charge in [-0.25, -0.2) is 0 Å². The maximum Gasteiger partial charge on any atom is 0.261 e. The first-order valence-corrected chi connectivity index (χ1v) is 8.30. The van der Waals surface area contributed by atoms with Crippen molar-refractivity contribution in [2.24, 2.45) is 0 Å². The van der Waals surface area contributed by atoms with E-state index in [1.165, 1.54) is 0 Å². The molecule has 1 N–H and O–H groups in total. The third-order valence-corrected chi connectivity index (χ3v) is 3.94. The average Bonchev–Trinajstić information content (AvgIpc) is 2.65. The summed E-state index contributed by atoms with van der Waals surface area (Å²) in [5.41, 5.74) is 1.94. The van der Waals surface area contributed by atoms with E-state index in [9.17, 15) is 4.79 Å². The molecule has 0 bridgehead atoms. The van der Waals surface area contributed by atoms with E-state index < -0.39 is 6.10 Å². The van der Waals surface area contributed by atoms with E-state index in [2.05, 4.69) is 5.32 Å². The van der Waals surface area contributed by atoms with Crippen molar-refractivity contribution < 1.29 is 19.0 Å². The van der Waals surface area contributed by atoms with Gasteiger partial charge in [0.05, 0.1) is 14.2 Å². The first-order chi connectivity index (χ1) is 12.1. The molecule has 0 heterocycles. The number of benzene rings is 2. The smallest absolute Gasteiger partial charge is 0.261 e. The molecule has 1 atom stereocenters. The maximum atomic E-state index is 12.4. The first-order valence-electron chi connectivity index (χ1n) is 8.30. The summed E-state index contributed by atoms with van der Waals surface area (Å²) in [6, 6.07) is 13.2. The van der Waals surface area contributed by atoms with Gasteiger partial charge in [-0.15, -0.1) is 0 Å². The number of carbonyl (C=O) groups excluding carboxylic acids is 1. The Morgan fingerprint density at radius 1 is 1.04 bits per heavy atom. The van der Waals surface area contributed by atoms with E-state index in [1.807, 2.05) is 56.3 Å². The molecule has 0 aromatic heterocycles. The highest BCUT2D eigenvalue weighted by atomic mass is 16.5. The van der Waals surface area contributed by atoms with Crippen molar-refractivity contribution in [3.8, 4) is 17.2 Å². The third kappa shape index (κ3) is 4.89. The molecule has 2 aromatic rings. The molecule has 1 amide bonds. The highest BCUT2D eigenvalue weighted by Crippen LogP contribution is 2.27. The van der Waals surface area contributed by atoms with Gasteiger partial charge in [0.2, 0.25) is 0 Å². The van der Waals surface area contributed by atoms with E-state index >= 15 is 0 Å². The molecule has 134 valence electrons. The van der Waals surface area contributed by atoms with Crippen LogP contribution in [0.4, 0.5) is 0 Å². The van der Waals surface area contributed by atoms with Crippen LogP contribution in [0.2, 0.25) is 0 Å². The van der Waals surface area contributed by atoms with Crippen LogP contribution in [-0.2, 0) is 11.3 Å². The number of nitrogens with one attached hydrogen (secondary N) is 1. The molecule has 0 spiro atoms. The zero-order valence-electron chi connectivity index (χ0n) is 15.2. The Bertz CT molecular complexity index is 715. The average molecular weight is 343 g/mol. The molecule has 0 saturated heterocycles. The summed E-state index contributed by atoms with van der Waals surface area (Å²) < 4.78 is 16.4. The molecule has 25 heavy (non-hydrogen) atoms. The second-order valence-electron chi connectivity index (χ2n) is 5.69. The Kier molecular flexibility index (Phi) is 6.69. The van der Waals surface area contributed by atoms with Crippen molar-refractivity contribution in [3.05, 3.63) is 53.6 Å². The number of rotatable bonds is 8. The Labute approximate surface area is 148 Å². The number of ether oxygens (including phenoxy) is 3. The molecular formula is C20H25NO4. The molecule has 5 heteroatoms. The minimum absolute atomic E-state index is 0.138. The molecule has 1 unspecified atom stereocenters. The molecule has 0 aliphatic heterocycles. The number of hydrogen-bond acceptors (Lipinski definition) is 4. The summed E-state index contributed by atoms with van der Waals surface area (Å²) in [6.45, 7) is 4.29. The molecule has 0 fully saturated rings. The van der Waals surface area contributed by atoms with Gasteiger partial charge in [-0.2, -0.15) is 0 Å². The lowest BCUT2D eigenvalue weighted by Gasteiger charge is -2.18. The van der Waals surface area contributed by atoms with Gasteiger partial charge in [0, 0.05) is 6.54 Å². The summed E-state index contributed by atoms with van der Waals surface area (Å²) in [6.07, 6.45) is 0.0628. The highest BCUT2D eigenvalue weighted by molar-refractivity contribution is 5.81. The minimum Gasteiger partial charge on any atom is -0.493 e. The summed E-state index contributed by atoms with van der Waals surface area (Å²) in [5, 5.41) is 2.92. The van der Waals surface area contributed by atoms with Crippen molar-refractivity contribution >= 4 is 5.91 Å². The lowest BCUT2D eigenvalue weighted by atomic mass is 10.2. The van der Waals surface area contributed by atoms with E-state index in [0.717, 1.165) is 16.9 Å². The largest absolute Gasteiger partial charge is 0.493 e. The van der Waals surface area contributed by atoms with Gasteiger partial charge < -0.3 is 19.5 Å². The summed E-state index contributed by atoms with van der Waals surface area (Å²) in [7, 11) is 3.18. The molecule has 0 saturated carbocycles. The highest BCUT2D eigenvalue weighted by Gasteiger charge is 2.19. The Morgan fingerprint density at radius 2 is 1.76 bits per heavy atom. The third-order valence-electron chi connectivity index (χ3n) is 3.94. The van der Waals surface area contributed by atoms with Crippen LogP contribution in [0.3, 0.4) is 0 Å². The van der Waals surface area contributed by atoms with Gasteiger partial charge in [0.25, 0.3) is 5.91 Å². The predicted molar refractivity (Wildman–Crippen MR) is 97.3 cm³/mol. The van der Waals surface area contributed by atoms with Gasteiger partial charge >= 0.3 is 0 Å². The Balaban J connectivity index is 1.99. The van der Waals surface area contributed by atoms with Gasteiger partial charge in [-0.3, -0.25) is 4.79 Å². The molecule has 2 rings (SSSR count). The van der Waals surface area contributed by atoms with Crippen LogP contribution in [0.1, 0.15) is 24.5 Å². The fourth-order valence-corrected chi connectivity index (χ4v) is 2.46. The van der Waals surface area contributed by atoms with Gasteiger partial charge in [0.1, 0.15) is 5.75 Å². The van der Waals surface area contributed by atoms with E-state index in [0.29, 0.717) is 24.5 Å². The number of aryl methyl sites for hydroxylation is 1. The standard InChI is InChI=1S/C20H25NO4/c1-5-16(25-17-9-7-6-8-14(17)2)20(22)21-13-15-10-11-18(23-3)19(12-15)24-4/h6-12,16H,5,13H2,1-4H3,(H,21,22). The van der Waals surface area contributed by atoms with Crippen LogP contribution >= 0.6 is 0 Å². The minimum atomic E-state index is -0.527. The van der Waals surface area contributed by atoms with Crippen LogP contribution in [0.15, 0.2) is 42.5 Å². The zero-order chi connectivity index (χ0) is 18.2. The Morgan fingerprint density at radius 3 is 2.40 bits per heavy atom. The van der Waals surface area contributed by atoms with Crippen molar-refractivity contribution in [2.45, 2.75) is 32.9 Å². The molecule has 2 aromatic carbocycles. The van der Waals surface area contributed by atoms with E-state index in [1.54, 1.807) is 14.2 Å². The van der Waals surface area contributed by atoms with Crippen LogP contribution in [0.25, 0.3) is 0 Å². The van der Waals surface area contributed by atoms with Gasteiger partial charge in [0.15, 0.2) is 17.6 Å². The predicted octanol–water partition coefficient (Wildman–Crippen LogP) is 3.49. The number of methoxy groups -OCH3 is 2. The van der Waals surface area contributed by atoms with E-state index in [4.69, 9.17) is 14.2 Å². The lowest BCUT2D eigenvalue weighted by Crippen LogP contribution is -2.37. The fraction of sp³-hybridized carbons (Fsp3) is 0.350. The number of carbonyl (C=O) groups is 1. The normalized spacial score (nSPS) is 11.5. The molecule has 5 nitrogen and oxygen atoms in total. The molecule has 0 radical (unpaired) electrons. The number of para-hydroxylation sites is 1. The SMILES string of the molecule is CCC(Oc1ccccc1C)C(=O)NCc1ccc(OC)c(OC)c1. The zero-order valence-corrected chi connectivity index (χ0v) is 15.2. The van der Waals surface area contributed by atoms with Crippen LogP contribution in [-0.4, -0.2) is 26.2 Å². The van der Waals surface area contributed by atoms with Crippen molar-refractivity contribution in [1.82, 2.24) is 5.32 Å². The van der Waals surface area contributed by atoms with Crippen LogP contribution in [0, 0.1) is 6.92 Å². The second-order valence-corrected chi connectivity index (χ2v) is 5.69. The second kappa shape index (κ2) is 8.97. The van der Waals surface area contributed by atoms with Gasteiger partial charge in [-0.05, 0) is 42.7 Å². The number of hydrogen-bond donors (Lipinski definition) is 1. The monoisotopic (exact) mass is 343 g/mol. The molecular weight excluding hydrogens is 318 g/mol. The first kappa shape index (κ1) is 18.6. The number of amides is 1. The molecule has 0 aliphatic carbocycles. The van der Waals surface area contributed by atoms with E-state index in [-0.39, 0.29) is 5.91 Å². The van der Waals surface area contributed by atoms with Crippen molar-refractivity contribution in [2.75, 3.05) is 14.2 Å². The van der Waals surface area contributed by atoms with Gasteiger partial charge in [-0.1, -0.05) is 31.2 Å². The van der Waals surface area contributed by atoms with Crippen LogP contribution < -0.4 is 19.5 Å². The maximum absolute atomic E-state index is 12.4. The Hall–Kier alpha value is -2.69. The van der Waals surface area contributed by atoms with Crippen molar-refractivity contribution in [1.29, 1.82) is 0 Å². The summed E-state index contributed by atoms with van der Waals surface area (Å²) in [4.78, 5) is 12.4.